The van der Waals surface area contributed by atoms with E-state index in [4.69, 9.17) is 4.74 Å². The SMILES string of the molecule is C=C(CC)C1=C(CN2CCN(c3ccc(C(=O)NSc4ccc(NCC5CCC(O)CC5)c([N+](=O)[O-])c4)c(Oc4cnc5[nH]ccc5c4)c3)CC2)CCC(C)(C)C1. The first kappa shape index (κ1) is 40.4. The predicted molar refractivity (Wildman–Crippen MR) is 228 cm³/mol. The summed E-state index contributed by atoms with van der Waals surface area (Å²) in [6.45, 7) is 16.5. The molecule has 0 bridgehead atoms. The Labute approximate surface area is 339 Å². The van der Waals surface area contributed by atoms with E-state index in [1.165, 1.54) is 23.6 Å². The molecule has 302 valence electrons. The molecule has 1 saturated heterocycles. The highest BCUT2D eigenvalue weighted by molar-refractivity contribution is 7.98. The van der Waals surface area contributed by atoms with Crippen LogP contribution in [0.4, 0.5) is 17.1 Å². The van der Waals surface area contributed by atoms with E-state index in [1.807, 2.05) is 30.5 Å². The molecule has 1 amide bonds. The average molecular weight is 794 g/mol. The number of fused-ring (bicyclic) bond motifs is 1. The van der Waals surface area contributed by atoms with Gasteiger partial charge in [0.1, 0.15) is 22.8 Å². The molecule has 3 aliphatic rings. The lowest BCUT2D eigenvalue weighted by Crippen LogP contribution is -2.47. The molecule has 2 aromatic carbocycles. The molecule has 1 saturated carbocycles. The van der Waals surface area contributed by atoms with Crippen molar-refractivity contribution in [1.82, 2.24) is 19.6 Å². The number of anilines is 2. The number of piperazine rings is 1. The first-order chi connectivity index (χ1) is 27.4. The van der Waals surface area contributed by atoms with Gasteiger partial charge in [0.2, 0.25) is 0 Å². The van der Waals surface area contributed by atoms with Gasteiger partial charge in [0, 0.05) is 73.6 Å². The minimum atomic E-state index is -0.409. The monoisotopic (exact) mass is 793 g/mol. The van der Waals surface area contributed by atoms with Crippen LogP contribution in [0.3, 0.4) is 0 Å². The molecule has 13 heteroatoms. The van der Waals surface area contributed by atoms with Crippen LogP contribution in [0.1, 0.15) is 82.5 Å². The molecule has 12 nitrogen and oxygen atoms in total. The zero-order chi connectivity index (χ0) is 40.1. The Morgan fingerprint density at radius 1 is 1.11 bits per heavy atom. The van der Waals surface area contributed by atoms with Crippen LogP contribution in [-0.2, 0) is 0 Å². The zero-order valence-electron chi connectivity index (χ0n) is 33.3. The van der Waals surface area contributed by atoms with Crippen molar-refractivity contribution >= 4 is 46.0 Å². The van der Waals surface area contributed by atoms with Gasteiger partial charge in [-0.1, -0.05) is 38.5 Å². The number of nitro groups is 1. The van der Waals surface area contributed by atoms with Crippen molar-refractivity contribution in [2.75, 3.05) is 49.5 Å². The van der Waals surface area contributed by atoms with Crippen molar-refractivity contribution in [3.8, 4) is 11.5 Å². The van der Waals surface area contributed by atoms with Crippen molar-refractivity contribution in [2.24, 2.45) is 11.3 Å². The summed E-state index contributed by atoms with van der Waals surface area (Å²) < 4.78 is 9.30. The van der Waals surface area contributed by atoms with E-state index >= 15 is 0 Å². The third kappa shape index (κ3) is 10.0. The molecular formula is C44H55N7O5S. The van der Waals surface area contributed by atoms with Crippen LogP contribution in [0, 0.1) is 21.4 Å². The zero-order valence-corrected chi connectivity index (χ0v) is 34.1. The third-order valence-corrected chi connectivity index (χ3v) is 12.6. The van der Waals surface area contributed by atoms with E-state index in [1.54, 1.807) is 30.0 Å². The van der Waals surface area contributed by atoms with E-state index in [2.05, 4.69) is 57.2 Å². The lowest BCUT2D eigenvalue weighted by atomic mass is 9.72. The maximum atomic E-state index is 13.8. The van der Waals surface area contributed by atoms with Gasteiger partial charge in [0.05, 0.1) is 22.8 Å². The number of rotatable bonds is 14. The summed E-state index contributed by atoms with van der Waals surface area (Å²) >= 11 is 1.02. The van der Waals surface area contributed by atoms with Gasteiger partial charge >= 0.3 is 0 Å². The van der Waals surface area contributed by atoms with Crippen LogP contribution >= 0.6 is 11.9 Å². The van der Waals surface area contributed by atoms with Crippen LogP contribution in [0.5, 0.6) is 11.5 Å². The molecule has 0 radical (unpaired) electrons. The fraction of sp³-hybridized carbons (Fsp3) is 0.455. The highest BCUT2D eigenvalue weighted by Gasteiger charge is 2.30. The van der Waals surface area contributed by atoms with Crippen LogP contribution in [0.2, 0.25) is 0 Å². The molecule has 3 heterocycles. The Bertz CT molecular complexity index is 2130. The van der Waals surface area contributed by atoms with Crippen LogP contribution in [-0.4, -0.2) is 76.2 Å². The third-order valence-electron chi connectivity index (χ3n) is 11.8. The van der Waals surface area contributed by atoms with Gasteiger partial charge in [-0.2, -0.15) is 0 Å². The van der Waals surface area contributed by atoms with Crippen molar-refractivity contribution in [1.29, 1.82) is 0 Å². The van der Waals surface area contributed by atoms with Crippen molar-refractivity contribution in [2.45, 2.75) is 83.1 Å². The van der Waals surface area contributed by atoms with Crippen molar-refractivity contribution < 1.29 is 19.6 Å². The number of nitro benzene ring substituents is 1. The summed E-state index contributed by atoms with van der Waals surface area (Å²) in [4.78, 5) is 38.5. The Morgan fingerprint density at radius 3 is 2.65 bits per heavy atom. The maximum absolute atomic E-state index is 13.8. The topological polar surface area (TPSA) is 149 Å². The number of hydrogen-bond donors (Lipinski definition) is 4. The molecule has 0 unspecified atom stereocenters. The van der Waals surface area contributed by atoms with Crippen molar-refractivity contribution in [3.63, 3.8) is 0 Å². The summed E-state index contributed by atoms with van der Waals surface area (Å²) in [6, 6.07) is 14.4. The van der Waals surface area contributed by atoms with Gasteiger partial charge in [-0.15, -0.1) is 0 Å². The lowest BCUT2D eigenvalue weighted by Gasteiger charge is -2.39. The molecule has 4 N–H and O–H groups in total. The highest BCUT2D eigenvalue weighted by atomic mass is 32.2. The number of benzene rings is 2. The van der Waals surface area contributed by atoms with Crippen molar-refractivity contribution in [3.05, 3.63) is 99.9 Å². The molecule has 2 fully saturated rings. The number of aliphatic hydroxyl groups excluding tert-OH is 1. The van der Waals surface area contributed by atoms with Gasteiger partial charge in [-0.05, 0) is 117 Å². The molecule has 1 aliphatic heterocycles. The number of amides is 1. The number of aromatic nitrogens is 2. The van der Waals surface area contributed by atoms with E-state index in [0.717, 1.165) is 106 Å². The Hall–Kier alpha value is -4.85. The smallest absolute Gasteiger partial charge is 0.293 e. The number of carbonyl (C=O) groups is 1. The maximum Gasteiger partial charge on any atom is 0.293 e. The second-order valence-corrected chi connectivity index (χ2v) is 17.4. The molecule has 4 aromatic rings. The number of carbonyl (C=O) groups excluding carboxylic acids is 1. The van der Waals surface area contributed by atoms with Gasteiger partial charge in [-0.3, -0.25) is 24.5 Å². The van der Waals surface area contributed by atoms with Crippen LogP contribution in [0.15, 0.2) is 89.1 Å². The highest BCUT2D eigenvalue weighted by Crippen LogP contribution is 2.42. The van der Waals surface area contributed by atoms with Gasteiger partial charge in [-0.25, -0.2) is 4.98 Å². The number of nitrogens with one attached hydrogen (secondary N) is 3. The molecule has 0 atom stereocenters. The predicted octanol–water partition coefficient (Wildman–Crippen LogP) is 9.26. The fourth-order valence-corrected chi connectivity index (χ4v) is 8.88. The van der Waals surface area contributed by atoms with E-state index < -0.39 is 4.92 Å². The van der Waals surface area contributed by atoms with E-state index in [-0.39, 0.29) is 17.7 Å². The lowest BCUT2D eigenvalue weighted by molar-refractivity contribution is -0.384. The number of pyridine rings is 1. The number of ether oxygens (including phenoxy) is 1. The van der Waals surface area contributed by atoms with E-state index in [9.17, 15) is 20.0 Å². The molecular weight excluding hydrogens is 739 g/mol. The van der Waals surface area contributed by atoms with Gasteiger partial charge in [0.25, 0.3) is 11.6 Å². The average Bonchev–Trinajstić information content (AvgIpc) is 3.68. The number of aromatic amines is 1. The molecule has 2 aromatic heterocycles. The van der Waals surface area contributed by atoms with E-state index in [0.29, 0.717) is 45.5 Å². The fourth-order valence-electron chi connectivity index (χ4n) is 8.25. The van der Waals surface area contributed by atoms with Crippen LogP contribution in [0.25, 0.3) is 11.0 Å². The summed E-state index contributed by atoms with van der Waals surface area (Å²) in [5.74, 6) is 0.858. The molecule has 0 spiro atoms. The Morgan fingerprint density at radius 2 is 1.89 bits per heavy atom. The first-order valence-corrected chi connectivity index (χ1v) is 21.1. The second-order valence-electron chi connectivity index (χ2n) is 16.5. The van der Waals surface area contributed by atoms with Gasteiger partial charge < -0.3 is 25.0 Å². The number of nitrogens with zero attached hydrogens (tertiary/aromatic N) is 4. The second kappa shape index (κ2) is 17.7. The number of H-pyrrole nitrogens is 1. The Kier molecular flexibility index (Phi) is 12.6. The Balaban J connectivity index is 1.04. The molecule has 57 heavy (non-hydrogen) atoms. The minimum Gasteiger partial charge on any atom is -0.455 e. The minimum absolute atomic E-state index is 0.0579. The number of aliphatic hydroxyl groups is 1. The molecule has 2 aliphatic carbocycles. The number of allylic oxidation sites excluding steroid dienone is 2. The summed E-state index contributed by atoms with van der Waals surface area (Å²) in [5, 5.41) is 26.0. The summed E-state index contributed by atoms with van der Waals surface area (Å²) in [7, 11) is 0. The largest absolute Gasteiger partial charge is 0.455 e. The summed E-state index contributed by atoms with van der Waals surface area (Å²) in [5.41, 5.74) is 7.03. The standard InChI is InChI=1S/C44H55N7O5S/c1-5-29(2)38-25-44(3,4)16-14-32(38)28-49-18-20-50(21-19-49)33-8-12-37(41(23-33)56-35-22-31-15-17-45-42(31)47-27-35)43(53)48-57-36-11-13-39(40(24-36)51(54)55)46-26-30-6-9-34(52)10-7-30/h8,11-13,15,17,22-24,27,30,34,46,52H,2,5-7,9-10,14,16,18-21,25-26,28H2,1,3-4H3,(H,45,47)(H,48,53). The van der Waals surface area contributed by atoms with Crippen LogP contribution < -0.4 is 19.7 Å². The quantitative estimate of drug-likeness (QED) is 0.0553. The first-order valence-electron chi connectivity index (χ1n) is 20.2. The molecule has 7 rings (SSSR count). The normalized spacial score (nSPS) is 20.0. The van der Waals surface area contributed by atoms with Gasteiger partial charge in [0.15, 0.2) is 0 Å². The summed E-state index contributed by atoms with van der Waals surface area (Å²) in [6.07, 6.45) is 10.9. The number of hydrogen-bond acceptors (Lipinski definition) is 10.